The van der Waals surface area contributed by atoms with E-state index in [1.807, 2.05) is 25.6 Å². The van der Waals surface area contributed by atoms with Gasteiger partial charge in [0.1, 0.15) is 5.82 Å². The Labute approximate surface area is 146 Å². The fourth-order valence-corrected chi connectivity index (χ4v) is 2.64. The van der Waals surface area contributed by atoms with Gasteiger partial charge in [0, 0.05) is 19.3 Å². The Balaban J connectivity index is 1.71. The Hall–Kier alpha value is -2.70. The van der Waals surface area contributed by atoms with Crippen LogP contribution in [0.4, 0.5) is 4.39 Å². The third-order valence-electron chi connectivity index (χ3n) is 4.06. The number of benzene rings is 1. The number of hydrogen-bond acceptors (Lipinski definition) is 3. The maximum absolute atomic E-state index is 13.1. The van der Waals surface area contributed by atoms with E-state index < -0.39 is 0 Å². The SMILES string of the molecule is Cc1nn(C)c(C)c1CCNC(=O)CNC(=O)Cc1cccc(F)c1. The largest absolute Gasteiger partial charge is 0.354 e. The number of aromatic nitrogens is 2. The molecule has 0 saturated carbocycles. The van der Waals surface area contributed by atoms with Crippen molar-refractivity contribution < 1.29 is 14.0 Å². The van der Waals surface area contributed by atoms with Gasteiger partial charge >= 0.3 is 0 Å². The summed E-state index contributed by atoms with van der Waals surface area (Å²) in [6.45, 7) is 4.31. The molecule has 134 valence electrons. The summed E-state index contributed by atoms with van der Waals surface area (Å²) < 4.78 is 14.9. The minimum absolute atomic E-state index is 0.0408. The number of carbonyl (C=O) groups excluding carboxylic acids is 2. The molecular weight excluding hydrogens is 323 g/mol. The Bertz CT molecular complexity index is 770. The van der Waals surface area contributed by atoms with E-state index in [0.29, 0.717) is 18.5 Å². The van der Waals surface area contributed by atoms with Crippen molar-refractivity contribution in [1.29, 1.82) is 0 Å². The monoisotopic (exact) mass is 346 g/mol. The summed E-state index contributed by atoms with van der Waals surface area (Å²) in [4.78, 5) is 23.6. The number of amides is 2. The quantitative estimate of drug-likeness (QED) is 0.791. The molecule has 0 spiro atoms. The van der Waals surface area contributed by atoms with Gasteiger partial charge in [-0.15, -0.1) is 0 Å². The van der Waals surface area contributed by atoms with Gasteiger partial charge in [-0.1, -0.05) is 12.1 Å². The first-order valence-electron chi connectivity index (χ1n) is 8.13. The van der Waals surface area contributed by atoms with Gasteiger partial charge in [0.2, 0.25) is 11.8 Å². The predicted octanol–water partition coefficient (Wildman–Crippen LogP) is 1.19. The fourth-order valence-electron chi connectivity index (χ4n) is 2.64. The zero-order valence-corrected chi connectivity index (χ0v) is 14.7. The number of nitrogens with zero attached hydrogens (tertiary/aromatic N) is 2. The minimum atomic E-state index is -0.385. The lowest BCUT2D eigenvalue weighted by atomic mass is 10.1. The number of carbonyl (C=O) groups is 2. The lowest BCUT2D eigenvalue weighted by Gasteiger charge is -2.08. The number of hydrogen-bond donors (Lipinski definition) is 2. The van der Waals surface area contributed by atoms with Crippen LogP contribution < -0.4 is 10.6 Å². The number of nitrogens with one attached hydrogen (secondary N) is 2. The van der Waals surface area contributed by atoms with E-state index in [4.69, 9.17) is 0 Å². The molecule has 6 nitrogen and oxygen atoms in total. The molecule has 1 heterocycles. The molecule has 2 N–H and O–H groups in total. The maximum atomic E-state index is 13.1. The summed E-state index contributed by atoms with van der Waals surface area (Å²) >= 11 is 0. The average Bonchev–Trinajstić information content (AvgIpc) is 2.79. The second-order valence-electron chi connectivity index (χ2n) is 5.96. The predicted molar refractivity (Wildman–Crippen MR) is 92.5 cm³/mol. The second kappa shape index (κ2) is 8.41. The van der Waals surface area contributed by atoms with E-state index in [0.717, 1.165) is 17.0 Å². The molecule has 7 heteroatoms. The van der Waals surface area contributed by atoms with Crippen LogP contribution in [0.2, 0.25) is 0 Å². The van der Waals surface area contributed by atoms with E-state index in [9.17, 15) is 14.0 Å². The van der Waals surface area contributed by atoms with Crippen LogP contribution in [-0.4, -0.2) is 34.7 Å². The van der Waals surface area contributed by atoms with Crippen LogP contribution in [0.25, 0.3) is 0 Å². The van der Waals surface area contributed by atoms with Gasteiger partial charge < -0.3 is 10.6 Å². The Morgan fingerprint density at radius 3 is 2.60 bits per heavy atom. The molecular formula is C18H23FN4O2. The second-order valence-corrected chi connectivity index (χ2v) is 5.96. The van der Waals surface area contributed by atoms with Crippen molar-refractivity contribution in [3.8, 4) is 0 Å². The number of rotatable bonds is 7. The fraction of sp³-hybridized carbons (Fsp3) is 0.389. The molecule has 25 heavy (non-hydrogen) atoms. The molecule has 2 aromatic rings. The molecule has 0 saturated heterocycles. The molecule has 0 bridgehead atoms. The Kier molecular flexibility index (Phi) is 6.27. The minimum Gasteiger partial charge on any atom is -0.354 e. The van der Waals surface area contributed by atoms with Crippen LogP contribution in [0.1, 0.15) is 22.5 Å². The maximum Gasteiger partial charge on any atom is 0.239 e. The molecule has 0 aliphatic heterocycles. The number of aryl methyl sites for hydroxylation is 2. The van der Waals surface area contributed by atoms with Gasteiger partial charge in [-0.3, -0.25) is 14.3 Å². The zero-order chi connectivity index (χ0) is 18.4. The summed E-state index contributed by atoms with van der Waals surface area (Å²) in [6, 6.07) is 5.84. The van der Waals surface area contributed by atoms with Crippen molar-refractivity contribution in [2.24, 2.45) is 7.05 Å². The van der Waals surface area contributed by atoms with Crippen LogP contribution in [0.3, 0.4) is 0 Å². The van der Waals surface area contributed by atoms with Crippen molar-refractivity contribution in [2.75, 3.05) is 13.1 Å². The zero-order valence-electron chi connectivity index (χ0n) is 14.7. The van der Waals surface area contributed by atoms with Crippen molar-refractivity contribution in [1.82, 2.24) is 20.4 Å². The summed E-state index contributed by atoms with van der Waals surface area (Å²) in [6.07, 6.45) is 0.730. The van der Waals surface area contributed by atoms with E-state index in [-0.39, 0.29) is 30.6 Å². The lowest BCUT2D eigenvalue weighted by Crippen LogP contribution is -2.38. The first-order chi connectivity index (χ1) is 11.9. The van der Waals surface area contributed by atoms with Gasteiger partial charge in [0.25, 0.3) is 0 Å². The number of halogens is 1. The highest BCUT2D eigenvalue weighted by atomic mass is 19.1. The van der Waals surface area contributed by atoms with Gasteiger partial charge in [0.15, 0.2) is 0 Å². The Morgan fingerprint density at radius 2 is 1.96 bits per heavy atom. The van der Waals surface area contributed by atoms with E-state index >= 15 is 0 Å². The first-order valence-corrected chi connectivity index (χ1v) is 8.13. The molecule has 0 radical (unpaired) electrons. The van der Waals surface area contributed by atoms with Crippen molar-refractivity contribution in [3.63, 3.8) is 0 Å². The molecule has 1 aromatic heterocycles. The standard InChI is InChI=1S/C18H23FN4O2/c1-12-16(13(2)23(3)22-12)7-8-20-18(25)11-21-17(24)10-14-5-4-6-15(19)9-14/h4-6,9H,7-8,10-11H2,1-3H3,(H,20,25)(H,21,24). The topological polar surface area (TPSA) is 76.0 Å². The molecule has 2 rings (SSSR count). The van der Waals surface area contributed by atoms with Crippen LogP contribution in [0, 0.1) is 19.7 Å². The molecule has 2 amide bonds. The van der Waals surface area contributed by atoms with Crippen molar-refractivity contribution in [3.05, 3.63) is 52.6 Å². The van der Waals surface area contributed by atoms with Gasteiger partial charge in [-0.25, -0.2) is 4.39 Å². The van der Waals surface area contributed by atoms with Gasteiger partial charge in [0.05, 0.1) is 18.7 Å². The molecule has 0 aliphatic carbocycles. The molecule has 1 aromatic carbocycles. The van der Waals surface area contributed by atoms with Crippen LogP contribution >= 0.6 is 0 Å². The van der Waals surface area contributed by atoms with E-state index in [2.05, 4.69) is 15.7 Å². The third kappa shape index (κ3) is 5.41. The summed E-state index contributed by atoms with van der Waals surface area (Å²) in [5.74, 6) is -0.962. The van der Waals surface area contributed by atoms with Crippen molar-refractivity contribution >= 4 is 11.8 Å². The smallest absolute Gasteiger partial charge is 0.239 e. The van der Waals surface area contributed by atoms with E-state index in [1.54, 1.807) is 12.1 Å². The third-order valence-corrected chi connectivity index (χ3v) is 4.06. The summed E-state index contributed by atoms with van der Waals surface area (Å²) in [5.41, 5.74) is 3.73. The van der Waals surface area contributed by atoms with Gasteiger partial charge in [-0.2, -0.15) is 5.10 Å². The van der Waals surface area contributed by atoms with Crippen LogP contribution in [0.5, 0.6) is 0 Å². The average molecular weight is 346 g/mol. The molecule has 0 unspecified atom stereocenters. The first kappa shape index (κ1) is 18.6. The normalized spacial score (nSPS) is 10.6. The van der Waals surface area contributed by atoms with E-state index in [1.165, 1.54) is 12.1 Å². The van der Waals surface area contributed by atoms with Crippen LogP contribution in [-0.2, 0) is 29.5 Å². The van der Waals surface area contributed by atoms with Gasteiger partial charge in [-0.05, 0) is 43.5 Å². The van der Waals surface area contributed by atoms with Crippen molar-refractivity contribution in [2.45, 2.75) is 26.7 Å². The molecule has 0 fully saturated rings. The highest BCUT2D eigenvalue weighted by molar-refractivity contribution is 5.85. The molecule has 0 atom stereocenters. The summed E-state index contributed by atoms with van der Waals surface area (Å²) in [5, 5.41) is 9.64. The molecule has 0 aliphatic rings. The highest BCUT2D eigenvalue weighted by Gasteiger charge is 2.10. The highest BCUT2D eigenvalue weighted by Crippen LogP contribution is 2.11. The lowest BCUT2D eigenvalue weighted by molar-refractivity contribution is -0.125. The van der Waals surface area contributed by atoms with Crippen LogP contribution in [0.15, 0.2) is 24.3 Å². The Morgan fingerprint density at radius 1 is 1.20 bits per heavy atom. The summed E-state index contributed by atoms with van der Waals surface area (Å²) in [7, 11) is 1.89.